The topological polar surface area (TPSA) is 92.4 Å². The minimum atomic E-state index is -3.58. The van der Waals surface area contributed by atoms with Gasteiger partial charge in [0.05, 0.1) is 23.5 Å². The Morgan fingerprint density at radius 1 is 1.20 bits per heavy atom. The van der Waals surface area contributed by atoms with E-state index in [1.807, 2.05) is 38.1 Å². The third-order valence-electron chi connectivity index (χ3n) is 5.12. The molecule has 30 heavy (non-hydrogen) atoms. The first kappa shape index (κ1) is 21.0. The average Bonchev–Trinajstić information content (AvgIpc) is 3.09. The summed E-state index contributed by atoms with van der Waals surface area (Å²) in [5, 5.41) is 1.15. The van der Waals surface area contributed by atoms with Crippen molar-refractivity contribution in [1.82, 2.24) is 14.3 Å². The third-order valence-corrected chi connectivity index (χ3v) is 8.06. The van der Waals surface area contributed by atoms with Crippen LogP contribution in [0.5, 0.6) is 0 Å². The number of Topliss-reactive ketones (excluding diaryl/α,β-unsaturated/α-hetero) is 1. The molecule has 1 N–H and O–H groups in total. The zero-order valence-corrected chi connectivity index (χ0v) is 18.4. The number of H-pyrrole nitrogens is 1. The number of pyridine rings is 1. The number of carbonyl (C=O) groups excluding carboxylic acids is 1. The van der Waals surface area contributed by atoms with Crippen LogP contribution in [-0.2, 0) is 14.8 Å². The molecule has 3 aromatic rings. The fraction of sp³-hybridized carbons (Fsp3) is 0.333. The summed E-state index contributed by atoms with van der Waals surface area (Å²) >= 11 is 1.32. The van der Waals surface area contributed by atoms with Gasteiger partial charge in [0.25, 0.3) is 0 Å². The minimum absolute atomic E-state index is 0.0155. The van der Waals surface area contributed by atoms with E-state index >= 15 is 0 Å². The van der Waals surface area contributed by atoms with Crippen LogP contribution in [-0.4, -0.2) is 60.0 Å². The highest BCUT2D eigenvalue weighted by Gasteiger charge is 2.27. The van der Waals surface area contributed by atoms with Gasteiger partial charge >= 0.3 is 0 Å². The Hall–Kier alpha value is -2.20. The van der Waals surface area contributed by atoms with Gasteiger partial charge in [-0.2, -0.15) is 4.31 Å². The molecule has 158 valence electrons. The van der Waals surface area contributed by atoms with E-state index < -0.39 is 10.0 Å². The first-order valence-corrected chi connectivity index (χ1v) is 12.0. The van der Waals surface area contributed by atoms with Crippen molar-refractivity contribution >= 4 is 38.5 Å². The van der Waals surface area contributed by atoms with Crippen molar-refractivity contribution in [2.24, 2.45) is 0 Å². The predicted molar refractivity (Wildman–Crippen MR) is 117 cm³/mol. The highest BCUT2D eigenvalue weighted by atomic mass is 32.2. The third kappa shape index (κ3) is 4.02. The lowest BCUT2D eigenvalue weighted by Crippen LogP contribution is -2.40. The van der Waals surface area contributed by atoms with E-state index in [9.17, 15) is 13.2 Å². The molecule has 4 rings (SSSR count). The van der Waals surface area contributed by atoms with Gasteiger partial charge in [0.1, 0.15) is 4.90 Å². The van der Waals surface area contributed by atoms with Crippen molar-refractivity contribution in [3.8, 4) is 0 Å². The van der Waals surface area contributed by atoms with Crippen LogP contribution < -0.4 is 0 Å². The number of aryl methyl sites for hydroxylation is 1. The number of aromatic amines is 1. The fourth-order valence-electron chi connectivity index (χ4n) is 3.56. The molecule has 0 aliphatic carbocycles. The Kier molecular flexibility index (Phi) is 5.97. The second-order valence-corrected chi connectivity index (χ2v) is 10.4. The number of para-hydroxylation sites is 1. The van der Waals surface area contributed by atoms with Crippen LogP contribution in [0, 0.1) is 6.92 Å². The van der Waals surface area contributed by atoms with Gasteiger partial charge in [-0.05, 0) is 32.0 Å². The summed E-state index contributed by atoms with van der Waals surface area (Å²) in [6.45, 7) is 5.21. The normalized spacial score (nSPS) is 16.6. The molecule has 1 atom stereocenters. The Morgan fingerprint density at radius 2 is 1.93 bits per heavy atom. The summed E-state index contributed by atoms with van der Waals surface area (Å²) in [6, 6.07) is 10.9. The second kappa shape index (κ2) is 8.50. The molecule has 0 spiro atoms. The van der Waals surface area contributed by atoms with E-state index in [4.69, 9.17) is 4.74 Å². The van der Waals surface area contributed by atoms with Gasteiger partial charge in [-0.25, -0.2) is 13.4 Å². The number of hydrogen-bond acceptors (Lipinski definition) is 6. The molecule has 1 fully saturated rings. The highest BCUT2D eigenvalue weighted by molar-refractivity contribution is 8.00. The summed E-state index contributed by atoms with van der Waals surface area (Å²) in [5.41, 5.74) is 2.47. The molecule has 0 amide bonds. The number of thioether (sulfide) groups is 1. The van der Waals surface area contributed by atoms with Crippen molar-refractivity contribution < 1.29 is 17.9 Å². The van der Waals surface area contributed by atoms with E-state index in [0.717, 1.165) is 16.6 Å². The molecule has 0 saturated carbocycles. The van der Waals surface area contributed by atoms with Crippen molar-refractivity contribution in [2.45, 2.75) is 29.0 Å². The number of benzene rings is 1. The second-order valence-electron chi connectivity index (χ2n) is 7.14. The molecule has 1 saturated heterocycles. The number of hydrogen-bond donors (Lipinski definition) is 1. The molecule has 3 heterocycles. The molecule has 2 aromatic heterocycles. The zero-order valence-electron chi connectivity index (χ0n) is 16.8. The van der Waals surface area contributed by atoms with Gasteiger partial charge in [0, 0.05) is 41.4 Å². The summed E-state index contributed by atoms with van der Waals surface area (Å²) in [6.07, 6.45) is 1.36. The lowest BCUT2D eigenvalue weighted by molar-refractivity contribution is 0.0730. The lowest BCUT2D eigenvalue weighted by atomic mass is 10.1. The van der Waals surface area contributed by atoms with Crippen molar-refractivity contribution in [2.75, 3.05) is 26.3 Å². The first-order chi connectivity index (χ1) is 14.4. The van der Waals surface area contributed by atoms with E-state index in [1.165, 1.54) is 22.3 Å². The molecule has 0 radical (unpaired) electrons. The summed E-state index contributed by atoms with van der Waals surface area (Å²) in [5.74, 6) is 0.0155. The molecule has 1 aromatic carbocycles. The van der Waals surface area contributed by atoms with Crippen LogP contribution in [0.4, 0.5) is 0 Å². The fourth-order valence-corrected chi connectivity index (χ4v) is 5.76. The van der Waals surface area contributed by atoms with Gasteiger partial charge < -0.3 is 9.72 Å². The smallest absolute Gasteiger partial charge is 0.244 e. The molecule has 0 unspecified atom stereocenters. The van der Waals surface area contributed by atoms with Crippen LogP contribution >= 0.6 is 11.8 Å². The molecule has 9 heteroatoms. The Labute approximate surface area is 179 Å². The van der Waals surface area contributed by atoms with Crippen LogP contribution in [0.25, 0.3) is 10.9 Å². The van der Waals surface area contributed by atoms with E-state index in [-0.39, 0.29) is 15.9 Å². The summed E-state index contributed by atoms with van der Waals surface area (Å²) in [7, 11) is -3.58. The minimum Gasteiger partial charge on any atom is -0.379 e. The van der Waals surface area contributed by atoms with Crippen LogP contribution in [0.2, 0.25) is 0 Å². The Balaban J connectivity index is 1.50. The standard InChI is InChI=1S/C21H23N3O4S2/c1-14-20(17-5-3-4-6-18(17)23-14)21(25)15(2)29-19-8-7-16(13-22-19)30(26,27)24-9-11-28-12-10-24/h3-8,13,15,23H,9-12H2,1-2H3/t15-/m0/s1. The SMILES string of the molecule is Cc1[nH]c2ccccc2c1C(=O)[C@H](C)Sc1ccc(S(=O)(=O)N2CCOCC2)cn1. The van der Waals surface area contributed by atoms with Gasteiger partial charge in [-0.3, -0.25) is 4.79 Å². The maximum atomic E-state index is 13.1. The molecule has 0 bridgehead atoms. The number of sulfonamides is 1. The average molecular weight is 446 g/mol. The summed E-state index contributed by atoms with van der Waals surface area (Å²) < 4.78 is 32.1. The number of carbonyl (C=O) groups is 1. The zero-order chi connectivity index (χ0) is 21.3. The number of ether oxygens (including phenoxy) is 1. The molecular weight excluding hydrogens is 422 g/mol. The molecule has 1 aliphatic heterocycles. The Bertz CT molecular complexity index is 1170. The maximum Gasteiger partial charge on any atom is 0.244 e. The molecule has 7 nitrogen and oxygen atoms in total. The van der Waals surface area contributed by atoms with Crippen LogP contribution in [0.3, 0.4) is 0 Å². The number of ketones is 1. The number of nitrogens with one attached hydrogen (secondary N) is 1. The van der Waals surface area contributed by atoms with Gasteiger partial charge in [-0.15, -0.1) is 0 Å². The number of morpholine rings is 1. The number of fused-ring (bicyclic) bond motifs is 1. The first-order valence-electron chi connectivity index (χ1n) is 9.70. The molecular formula is C21H23N3O4S2. The largest absolute Gasteiger partial charge is 0.379 e. The van der Waals surface area contributed by atoms with Crippen LogP contribution in [0.1, 0.15) is 23.0 Å². The number of aromatic nitrogens is 2. The lowest BCUT2D eigenvalue weighted by Gasteiger charge is -2.25. The number of rotatable bonds is 6. The van der Waals surface area contributed by atoms with Crippen molar-refractivity contribution in [3.63, 3.8) is 0 Å². The van der Waals surface area contributed by atoms with Crippen molar-refractivity contribution in [1.29, 1.82) is 0 Å². The predicted octanol–water partition coefficient (Wildman–Crippen LogP) is 3.26. The van der Waals surface area contributed by atoms with E-state index in [1.54, 1.807) is 12.1 Å². The van der Waals surface area contributed by atoms with Crippen LogP contribution in [0.15, 0.2) is 52.5 Å². The van der Waals surface area contributed by atoms with Gasteiger partial charge in [-0.1, -0.05) is 30.0 Å². The summed E-state index contributed by atoms with van der Waals surface area (Å²) in [4.78, 5) is 20.8. The van der Waals surface area contributed by atoms with E-state index in [0.29, 0.717) is 36.9 Å². The van der Waals surface area contributed by atoms with Gasteiger partial charge in [0.15, 0.2) is 5.78 Å². The van der Waals surface area contributed by atoms with Crippen molar-refractivity contribution in [3.05, 3.63) is 53.9 Å². The monoisotopic (exact) mass is 445 g/mol. The van der Waals surface area contributed by atoms with Gasteiger partial charge in [0.2, 0.25) is 10.0 Å². The maximum absolute atomic E-state index is 13.1. The number of nitrogens with zero attached hydrogens (tertiary/aromatic N) is 2. The highest BCUT2D eigenvalue weighted by Crippen LogP contribution is 2.29. The molecule has 1 aliphatic rings. The quantitative estimate of drug-likeness (QED) is 0.463. The Morgan fingerprint density at radius 3 is 2.63 bits per heavy atom. The van der Waals surface area contributed by atoms with E-state index in [2.05, 4.69) is 9.97 Å².